The number of nitrogens with one attached hydrogen (secondary N) is 1. The molecule has 1 fully saturated rings. The largest absolute Gasteiger partial charge is 0.506 e. The summed E-state index contributed by atoms with van der Waals surface area (Å²) in [6, 6.07) is 14.3. The summed E-state index contributed by atoms with van der Waals surface area (Å²) in [6.45, 7) is 4.83. The first-order valence-corrected chi connectivity index (χ1v) is 12.7. The highest BCUT2D eigenvalue weighted by Crippen LogP contribution is 2.31. The van der Waals surface area contributed by atoms with Gasteiger partial charge < -0.3 is 15.3 Å². The summed E-state index contributed by atoms with van der Waals surface area (Å²) in [5, 5.41) is 13.7. The Bertz CT molecular complexity index is 982. The van der Waals surface area contributed by atoms with Gasteiger partial charge in [0.05, 0.1) is 11.7 Å². The lowest BCUT2D eigenvalue weighted by atomic mass is 9.87. The monoisotopic (exact) mass is 462 g/mol. The molecule has 0 saturated carbocycles. The Morgan fingerprint density at radius 2 is 1.91 bits per heavy atom. The van der Waals surface area contributed by atoms with Gasteiger partial charge in [-0.15, -0.1) is 0 Å². The average Bonchev–Trinajstić information content (AvgIpc) is 2.85. The van der Waals surface area contributed by atoms with E-state index in [4.69, 9.17) is 0 Å². The Hall–Kier alpha value is -2.86. The van der Waals surface area contributed by atoms with Crippen molar-refractivity contribution in [2.45, 2.75) is 51.0 Å². The zero-order valence-electron chi connectivity index (χ0n) is 20.4. The second-order valence-corrected chi connectivity index (χ2v) is 9.45. The fourth-order valence-electron chi connectivity index (χ4n) is 5.30. The van der Waals surface area contributed by atoms with Gasteiger partial charge in [0, 0.05) is 51.4 Å². The highest BCUT2D eigenvalue weighted by Gasteiger charge is 2.22. The summed E-state index contributed by atoms with van der Waals surface area (Å²) in [6.07, 6.45) is 8.87. The molecule has 1 atom stereocenters. The SMILES string of the molecule is CN=Cc1cccc(O)c1N1CCN(CCCCCC(=O)NC2CCCc3ccccc32)CC1. The van der Waals surface area contributed by atoms with Gasteiger partial charge in [0.2, 0.25) is 5.91 Å². The van der Waals surface area contributed by atoms with Crippen molar-refractivity contribution in [3.8, 4) is 5.75 Å². The Kier molecular flexibility index (Phi) is 8.58. The molecule has 2 N–H and O–H groups in total. The van der Waals surface area contributed by atoms with E-state index < -0.39 is 0 Å². The van der Waals surface area contributed by atoms with Gasteiger partial charge in [0.25, 0.3) is 0 Å². The number of unbranched alkanes of at least 4 members (excludes halogenated alkanes) is 2. The molecule has 1 amide bonds. The van der Waals surface area contributed by atoms with Gasteiger partial charge in [-0.3, -0.25) is 14.7 Å². The van der Waals surface area contributed by atoms with Gasteiger partial charge in [-0.2, -0.15) is 0 Å². The number of benzene rings is 2. The number of carbonyl (C=O) groups is 1. The van der Waals surface area contributed by atoms with Crippen molar-refractivity contribution in [1.82, 2.24) is 10.2 Å². The molecule has 34 heavy (non-hydrogen) atoms. The van der Waals surface area contributed by atoms with Crippen molar-refractivity contribution < 1.29 is 9.90 Å². The number of hydrogen-bond donors (Lipinski definition) is 2. The molecule has 6 heteroatoms. The van der Waals surface area contributed by atoms with Crippen LogP contribution in [0.4, 0.5) is 5.69 Å². The van der Waals surface area contributed by atoms with Crippen LogP contribution in [0.15, 0.2) is 47.5 Å². The van der Waals surface area contributed by atoms with Crippen molar-refractivity contribution in [1.29, 1.82) is 0 Å². The lowest BCUT2D eigenvalue weighted by Gasteiger charge is -2.37. The molecule has 0 bridgehead atoms. The van der Waals surface area contributed by atoms with Crippen molar-refractivity contribution >= 4 is 17.8 Å². The lowest BCUT2D eigenvalue weighted by Crippen LogP contribution is -2.47. The molecule has 4 rings (SSSR count). The Morgan fingerprint density at radius 1 is 1.09 bits per heavy atom. The topological polar surface area (TPSA) is 68.2 Å². The summed E-state index contributed by atoms with van der Waals surface area (Å²) in [4.78, 5) is 21.4. The first-order chi connectivity index (χ1) is 16.7. The van der Waals surface area contributed by atoms with Gasteiger partial charge in [-0.05, 0) is 55.8 Å². The van der Waals surface area contributed by atoms with E-state index >= 15 is 0 Å². The molecule has 1 heterocycles. The highest BCUT2D eigenvalue weighted by atomic mass is 16.3. The number of carbonyl (C=O) groups excluding carboxylic acids is 1. The van der Waals surface area contributed by atoms with E-state index in [1.165, 1.54) is 11.1 Å². The van der Waals surface area contributed by atoms with Crippen LogP contribution >= 0.6 is 0 Å². The molecule has 1 aliphatic carbocycles. The number of aliphatic imine (C=N–C) groups is 1. The van der Waals surface area contributed by atoms with Crippen molar-refractivity contribution in [3.05, 3.63) is 59.2 Å². The number of aryl methyl sites for hydroxylation is 1. The molecular formula is C28H38N4O2. The number of phenols is 1. The molecule has 0 radical (unpaired) electrons. The maximum Gasteiger partial charge on any atom is 0.220 e. The van der Waals surface area contributed by atoms with Crippen LogP contribution < -0.4 is 10.2 Å². The van der Waals surface area contributed by atoms with E-state index in [-0.39, 0.29) is 11.9 Å². The number of para-hydroxylation sites is 1. The zero-order chi connectivity index (χ0) is 23.8. The molecule has 2 aromatic rings. The summed E-state index contributed by atoms with van der Waals surface area (Å²) >= 11 is 0. The Labute approximate surface area is 203 Å². The van der Waals surface area contributed by atoms with Crippen LogP contribution in [0.2, 0.25) is 0 Å². The number of fused-ring (bicyclic) bond motifs is 1. The predicted molar refractivity (Wildman–Crippen MR) is 139 cm³/mol. The van der Waals surface area contributed by atoms with Crippen LogP contribution in [-0.2, 0) is 11.2 Å². The fourth-order valence-corrected chi connectivity index (χ4v) is 5.30. The van der Waals surface area contributed by atoms with Crippen LogP contribution in [0.1, 0.15) is 61.3 Å². The van der Waals surface area contributed by atoms with Crippen molar-refractivity contribution in [2.24, 2.45) is 4.99 Å². The maximum atomic E-state index is 12.5. The van der Waals surface area contributed by atoms with Gasteiger partial charge in [0.15, 0.2) is 0 Å². The van der Waals surface area contributed by atoms with E-state index in [1.54, 1.807) is 13.1 Å². The number of amides is 1. The summed E-state index contributed by atoms with van der Waals surface area (Å²) in [5.74, 6) is 0.505. The van der Waals surface area contributed by atoms with E-state index in [0.717, 1.165) is 82.5 Å². The Morgan fingerprint density at radius 3 is 2.74 bits per heavy atom. The molecule has 1 saturated heterocycles. The quantitative estimate of drug-likeness (QED) is 0.430. The number of hydrogen-bond acceptors (Lipinski definition) is 5. The molecule has 2 aliphatic rings. The smallest absolute Gasteiger partial charge is 0.220 e. The minimum atomic E-state index is 0.182. The number of aromatic hydroxyl groups is 1. The van der Waals surface area contributed by atoms with Crippen molar-refractivity contribution in [2.75, 3.05) is 44.7 Å². The van der Waals surface area contributed by atoms with E-state index in [1.807, 2.05) is 18.3 Å². The fraction of sp³-hybridized carbons (Fsp3) is 0.500. The normalized spacial score (nSPS) is 18.7. The second kappa shape index (κ2) is 12.0. The van der Waals surface area contributed by atoms with Crippen LogP contribution in [0.3, 0.4) is 0 Å². The first kappa shape index (κ1) is 24.3. The third kappa shape index (κ3) is 6.17. The molecule has 6 nitrogen and oxygen atoms in total. The third-order valence-corrected chi connectivity index (χ3v) is 7.09. The number of phenolic OH excluding ortho intramolecular Hbond substituents is 1. The highest BCUT2D eigenvalue weighted by molar-refractivity contribution is 5.90. The van der Waals surface area contributed by atoms with Crippen molar-refractivity contribution in [3.63, 3.8) is 0 Å². The van der Waals surface area contributed by atoms with Gasteiger partial charge in [-0.25, -0.2) is 0 Å². The number of rotatable bonds is 9. The molecule has 0 spiro atoms. The van der Waals surface area contributed by atoms with E-state index in [9.17, 15) is 9.90 Å². The predicted octanol–water partition coefficient (Wildman–Crippen LogP) is 4.32. The number of anilines is 1. The van der Waals surface area contributed by atoms with Gasteiger partial charge >= 0.3 is 0 Å². The molecular weight excluding hydrogens is 424 g/mol. The zero-order valence-corrected chi connectivity index (χ0v) is 20.4. The average molecular weight is 463 g/mol. The maximum absolute atomic E-state index is 12.5. The summed E-state index contributed by atoms with van der Waals surface area (Å²) < 4.78 is 0. The number of piperazine rings is 1. The molecule has 182 valence electrons. The Balaban J connectivity index is 1.14. The molecule has 1 aliphatic heterocycles. The van der Waals surface area contributed by atoms with Crippen LogP contribution in [0.25, 0.3) is 0 Å². The standard InChI is InChI=1S/C28H38N4O2/c1-29-21-23-11-8-14-26(33)28(23)32-19-17-31(18-20-32)16-6-2-3-15-27(34)30-25-13-7-10-22-9-4-5-12-24(22)25/h4-5,8-9,11-12,14,21,25,33H,2-3,6-7,10,13,15-20H2,1H3,(H,30,34). The second-order valence-electron chi connectivity index (χ2n) is 9.45. The first-order valence-electron chi connectivity index (χ1n) is 12.7. The van der Waals surface area contributed by atoms with Crippen LogP contribution in [-0.4, -0.2) is 61.9 Å². The molecule has 1 unspecified atom stereocenters. The van der Waals surface area contributed by atoms with Gasteiger partial charge in [-0.1, -0.05) is 42.8 Å². The summed E-state index contributed by atoms with van der Waals surface area (Å²) in [5.41, 5.74) is 4.54. The lowest BCUT2D eigenvalue weighted by molar-refractivity contribution is -0.122. The molecule has 0 aromatic heterocycles. The number of nitrogens with zero attached hydrogens (tertiary/aromatic N) is 3. The summed E-state index contributed by atoms with van der Waals surface area (Å²) in [7, 11) is 1.75. The van der Waals surface area contributed by atoms with E-state index in [0.29, 0.717) is 12.2 Å². The van der Waals surface area contributed by atoms with Crippen LogP contribution in [0.5, 0.6) is 5.75 Å². The third-order valence-electron chi connectivity index (χ3n) is 7.09. The van der Waals surface area contributed by atoms with Crippen LogP contribution in [0, 0.1) is 0 Å². The van der Waals surface area contributed by atoms with E-state index in [2.05, 4.69) is 44.4 Å². The molecule has 2 aromatic carbocycles. The minimum Gasteiger partial charge on any atom is -0.506 e. The minimum absolute atomic E-state index is 0.182. The van der Waals surface area contributed by atoms with Gasteiger partial charge in [0.1, 0.15) is 5.75 Å².